The maximum Gasteiger partial charge on any atom is 0.217 e. The zero-order valence-corrected chi connectivity index (χ0v) is 17.2. The van der Waals surface area contributed by atoms with Crippen LogP contribution >= 0.6 is 11.6 Å². The average molecular weight is 388 g/mol. The van der Waals surface area contributed by atoms with Crippen LogP contribution in [0.1, 0.15) is 75.1 Å². The molecule has 0 spiro atoms. The van der Waals surface area contributed by atoms with Crippen molar-refractivity contribution in [1.82, 2.24) is 5.32 Å². The molecule has 0 radical (unpaired) electrons. The van der Waals surface area contributed by atoms with Gasteiger partial charge in [-0.2, -0.15) is 0 Å². The Balaban J connectivity index is 1.97. The molecule has 146 valence electrons. The Hall–Kier alpha value is -2.00. The number of nitrogens with one attached hydrogen (secondary N) is 1. The minimum Gasteiger partial charge on any atom is -0.506 e. The number of phenols is 1. The largest absolute Gasteiger partial charge is 0.506 e. The van der Waals surface area contributed by atoms with Gasteiger partial charge in [0.05, 0.1) is 11.1 Å². The molecule has 2 N–H and O–H groups in total. The molecule has 0 aliphatic carbocycles. The summed E-state index contributed by atoms with van der Waals surface area (Å²) in [6, 6.07) is 14.1. The summed E-state index contributed by atoms with van der Waals surface area (Å²) in [4.78, 5) is 11.2. The highest BCUT2D eigenvalue weighted by Crippen LogP contribution is 2.29. The fraction of sp³-hybridized carbons (Fsp3) is 0.435. The number of amides is 1. The standard InChI is InChI=1S/C23H30ClNO2/c1-4-6-20(8-5-7-18-9-14-23(27)22(24)15-18)21-12-10-19(11-13-21)16(2)25-17(3)26/h9-16,20,27H,4-8H2,1-3H3,(H,25,26)/t16-,20?/m0/s1. The van der Waals surface area contributed by atoms with Gasteiger partial charge in [-0.3, -0.25) is 4.79 Å². The van der Waals surface area contributed by atoms with Gasteiger partial charge in [-0.25, -0.2) is 0 Å². The van der Waals surface area contributed by atoms with Gasteiger partial charge in [-0.1, -0.05) is 55.3 Å². The molecule has 0 heterocycles. The summed E-state index contributed by atoms with van der Waals surface area (Å²) < 4.78 is 0. The van der Waals surface area contributed by atoms with Crippen LogP contribution in [-0.2, 0) is 11.2 Å². The van der Waals surface area contributed by atoms with E-state index < -0.39 is 0 Å². The van der Waals surface area contributed by atoms with Crippen molar-refractivity contribution in [2.75, 3.05) is 0 Å². The second-order valence-electron chi connectivity index (χ2n) is 7.25. The minimum atomic E-state index is -0.00947. The fourth-order valence-corrected chi connectivity index (χ4v) is 3.73. The molecule has 4 heteroatoms. The zero-order chi connectivity index (χ0) is 19.8. The van der Waals surface area contributed by atoms with Crippen molar-refractivity contribution in [3.8, 4) is 5.75 Å². The Labute approximate surface area is 167 Å². The van der Waals surface area contributed by atoms with Gasteiger partial charge in [0.2, 0.25) is 5.91 Å². The average Bonchev–Trinajstić information content (AvgIpc) is 2.63. The van der Waals surface area contributed by atoms with E-state index in [4.69, 9.17) is 11.6 Å². The number of aryl methyl sites for hydroxylation is 1. The summed E-state index contributed by atoms with van der Waals surface area (Å²) in [5, 5.41) is 12.9. The van der Waals surface area contributed by atoms with E-state index in [1.54, 1.807) is 13.0 Å². The van der Waals surface area contributed by atoms with Crippen LogP contribution < -0.4 is 5.32 Å². The third-order valence-electron chi connectivity index (χ3n) is 4.99. The van der Waals surface area contributed by atoms with Crippen LogP contribution in [0.5, 0.6) is 5.75 Å². The molecule has 27 heavy (non-hydrogen) atoms. The van der Waals surface area contributed by atoms with E-state index in [-0.39, 0.29) is 17.7 Å². The molecule has 2 atom stereocenters. The molecule has 0 aromatic heterocycles. The topological polar surface area (TPSA) is 49.3 Å². The van der Waals surface area contributed by atoms with Gasteiger partial charge >= 0.3 is 0 Å². The van der Waals surface area contributed by atoms with Gasteiger partial charge in [0.1, 0.15) is 5.75 Å². The lowest BCUT2D eigenvalue weighted by Crippen LogP contribution is -2.23. The minimum absolute atomic E-state index is 0.00947. The molecular weight excluding hydrogens is 358 g/mol. The normalized spacial score (nSPS) is 13.2. The SMILES string of the molecule is CCCC(CCCc1ccc(O)c(Cl)c1)c1ccc([C@H](C)NC(C)=O)cc1. The maximum atomic E-state index is 11.2. The van der Waals surface area contributed by atoms with Crippen molar-refractivity contribution >= 4 is 17.5 Å². The van der Waals surface area contributed by atoms with Crippen molar-refractivity contribution in [2.24, 2.45) is 0 Å². The smallest absolute Gasteiger partial charge is 0.217 e. The van der Waals surface area contributed by atoms with Crippen LogP contribution in [0.3, 0.4) is 0 Å². The first kappa shape index (κ1) is 21.3. The fourth-order valence-electron chi connectivity index (χ4n) is 3.53. The van der Waals surface area contributed by atoms with Crippen molar-refractivity contribution in [2.45, 2.75) is 64.8 Å². The molecule has 1 unspecified atom stereocenters. The first-order valence-electron chi connectivity index (χ1n) is 9.75. The quantitative estimate of drug-likeness (QED) is 0.542. The summed E-state index contributed by atoms with van der Waals surface area (Å²) in [5.41, 5.74) is 3.65. The Morgan fingerprint density at radius 3 is 2.37 bits per heavy atom. The summed E-state index contributed by atoms with van der Waals surface area (Å²) in [5.74, 6) is 0.662. The van der Waals surface area contributed by atoms with Crippen molar-refractivity contribution < 1.29 is 9.90 Å². The van der Waals surface area contributed by atoms with Crippen LogP contribution in [-0.4, -0.2) is 11.0 Å². The number of hydrogen-bond acceptors (Lipinski definition) is 2. The highest BCUT2D eigenvalue weighted by Gasteiger charge is 2.13. The van der Waals surface area contributed by atoms with Crippen LogP contribution in [0.4, 0.5) is 0 Å². The van der Waals surface area contributed by atoms with E-state index in [2.05, 4.69) is 36.5 Å². The molecule has 0 aliphatic heterocycles. The Morgan fingerprint density at radius 1 is 1.11 bits per heavy atom. The number of rotatable bonds is 9. The van der Waals surface area contributed by atoms with E-state index in [0.29, 0.717) is 10.9 Å². The molecule has 2 rings (SSSR count). The lowest BCUT2D eigenvalue weighted by molar-refractivity contribution is -0.119. The number of hydrogen-bond donors (Lipinski definition) is 2. The van der Waals surface area contributed by atoms with E-state index >= 15 is 0 Å². The maximum absolute atomic E-state index is 11.2. The molecule has 3 nitrogen and oxygen atoms in total. The monoisotopic (exact) mass is 387 g/mol. The molecule has 0 aliphatic rings. The lowest BCUT2D eigenvalue weighted by Gasteiger charge is -2.19. The lowest BCUT2D eigenvalue weighted by atomic mass is 9.88. The summed E-state index contributed by atoms with van der Waals surface area (Å²) in [6.45, 7) is 5.77. The number of carbonyl (C=O) groups excluding carboxylic acids is 1. The number of carbonyl (C=O) groups is 1. The highest BCUT2D eigenvalue weighted by atomic mass is 35.5. The van der Waals surface area contributed by atoms with Gasteiger partial charge in [0.15, 0.2) is 0 Å². The van der Waals surface area contributed by atoms with Crippen molar-refractivity contribution in [1.29, 1.82) is 0 Å². The van der Waals surface area contributed by atoms with E-state index in [1.807, 2.05) is 19.1 Å². The molecular formula is C23H30ClNO2. The third kappa shape index (κ3) is 6.59. The predicted molar refractivity (Wildman–Crippen MR) is 112 cm³/mol. The van der Waals surface area contributed by atoms with Crippen LogP contribution in [0.2, 0.25) is 5.02 Å². The Bertz CT molecular complexity index is 743. The number of phenolic OH excluding ortho intramolecular Hbond substituents is 1. The van der Waals surface area contributed by atoms with E-state index in [0.717, 1.165) is 43.2 Å². The van der Waals surface area contributed by atoms with Gasteiger partial charge in [-0.05, 0) is 67.3 Å². The van der Waals surface area contributed by atoms with E-state index in [9.17, 15) is 9.90 Å². The predicted octanol–water partition coefficient (Wildman–Crippen LogP) is 6.15. The molecule has 1 amide bonds. The third-order valence-corrected chi connectivity index (χ3v) is 5.30. The number of halogens is 1. The molecule has 0 bridgehead atoms. The Morgan fingerprint density at radius 2 is 1.78 bits per heavy atom. The van der Waals surface area contributed by atoms with Gasteiger partial charge in [0.25, 0.3) is 0 Å². The zero-order valence-electron chi connectivity index (χ0n) is 16.5. The molecule has 2 aromatic carbocycles. The molecule has 0 saturated heterocycles. The van der Waals surface area contributed by atoms with Crippen LogP contribution in [0, 0.1) is 0 Å². The number of aromatic hydroxyl groups is 1. The summed E-state index contributed by atoms with van der Waals surface area (Å²) in [6.07, 6.45) is 5.47. The van der Waals surface area contributed by atoms with Gasteiger partial charge < -0.3 is 10.4 Å². The highest BCUT2D eigenvalue weighted by molar-refractivity contribution is 6.32. The molecule has 0 fully saturated rings. The summed E-state index contributed by atoms with van der Waals surface area (Å²) >= 11 is 6.00. The summed E-state index contributed by atoms with van der Waals surface area (Å²) in [7, 11) is 0. The second kappa shape index (κ2) is 10.4. The van der Waals surface area contributed by atoms with Crippen molar-refractivity contribution in [3.63, 3.8) is 0 Å². The first-order chi connectivity index (χ1) is 12.9. The van der Waals surface area contributed by atoms with Gasteiger partial charge in [0, 0.05) is 6.92 Å². The molecule has 0 saturated carbocycles. The number of benzene rings is 2. The van der Waals surface area contributed by atoms with Crippen LogP contribution in [0.25, 0.3) is 0 Å². The van der Waals surface area contributed by atoms with E-state index in [1.165, 1.54) is 5.56 Å². The second-order valence-corrected chi connectivity index (χ2v) is 7.66. The van der Waals surface area contributed by atoms with Crippen LogP contribution in [0.15, 0.2) is 42.5 Å². The first-order valence-corrected chi connectivity index (χ1v) is 10.1. The Kier molecular flexibility index (Phi) is 8.18. The van der Waals surface area contributed by atoms with Crippen molar-refractivity contribution in [3.05, 3.63) is 64.2 Å². The molecule has 2 aromatic rings. The van der Waals surface area contributed by atoms with Gasteiger partial charge in [-0.15, -0.1) is 0 Å².